The molecule has 1 aliphatic carbocycles. The molecule has 2 nitrogen and oxygen atoms in total. The molecule has 1 saturated carbocycles. The molecular formula is C14H17NO. The van der Waals surface area contributed by atoms with Crippen LogP contribution >= 0.6 is 0 Å². The van der Waals surface area contributed by atoms with E-state index in [2.05, 4.69) is 17.9 Å². The number of hydrogen-bond acceptors (Lipinski definition) is 2. The lowest BCUT2D eigenvalue weighted by molar-refractivity contribution is -0.00873. The molecule has 0 unspecified atom stereocenters. The van der Waals surface area contributed by atoms with Crippen molar-refractivity contribution >= 4 is 0 Å². The Labute approximate surface area is 96.8 Å². The van der Waals surface area contributed by atoms with Gasteiger partial charge in [0.25, 0.3) is 0 Å². The van der Waals surface area contributed by atoms with Crippen LogP contribution in [0.2, 0.25) is 0 Å². The van der Waals surface area contributed by atoms with Crippen molar-refractivity contribution in [2.24, 2.45) is 5.73 Å². The molecule has 0 spiro atoms. The Hall–Kier alpha value is -1.30. The molecule has 0 radical (unpaired) electrons. The normalized spacial score (nSPS) is 15.1. The summed E-state index contributed by atoms with van der Waals surface area (Å²) in [6.45, 7) is 1.07. The molecule has 0 aromatic heterocycles. The summed E-state index contributed by atoms with van der Waals surface area (Å²) in [5, 5.41) is 0. The highest BCUT2D eigenvalue weighted by molar-refractivity contribution is 5.41. The summed E-state index contributed by atoms with van der Waals surface area (Å²) in [6, 6.07) is 8.10. The number of rotatable bonds is 3. The van der Waals surface area contributed by atoms with E-state index in [9.17, 15) is 0 Å². The first-order valence-corrected chi connectivity index (χ1v) is 5.78. The zero-order valence-corrected chi connectivity index (χ0v) is 9.41. The summed E-state index contributed by atoms with van der Waals surface area (Å²) in [7, 11) is 0. The zero-order chi connectivity index (χ0) is 11.2. The minimum Gasteiger partial charge on any atom is -0.373 e. The number of hydrogen-bond donors (Lipinski definition) is 1. The lowest BCUT2D eigenvalue weighted by Crippen LogP contribution is -2.21. The van der Waals surface area contributed by atoms with Gasteiger partial charge in [0.1, 0.15) is 0 Å². The van der Waals surface area contributed by atoms with Crippen LogP contribution in [0.4, 0.5) is 0 Å². The maximum absolute atomic E-state index is 5.79. The van der Waals surface area contributed by atoms with E-state index < -0.39 is 0 Å². The van der Waals surface area contributed by atoms with Crippen LogP contribution in [0, 0.1) is 11.8 Å². The molecular weight excluding hydrogens is 198 g/mol. The van der Waals surface area contributed by atoms with Crippen LogP contribution in [0.5, 0.6) is 0 Å². The van der Waals surface area contributed by atoms with Gasteiger partial charge in [-0.1, -0.05) is 30.0 Å². The zero-order valence-electron chi connectivity index (χ0n) is 9.41. The van der Waals surface area contributed by atoms with Gasteiger partial charge in [-0.3, -0.25) is 0 Å². The first-order chi connectivity index (χ1) is 7.90. The third-order valence-electron chi connectivity index (χ3n) is 2.87. The van der Waals surface area contributed by atoms with Crippen molar-refractivity contribution in [1.29, 1.82) is 0 Å². The molecule has 1 aromatic rings. The maximum Gasteiger partial charge on any atom is 0.0732 e. The third kappa shape index (κ3) is 2.85. The van der Waals surface area contributed by atoms with Crippen LogP contribution in [0.15, 0.2) is 24.3 Å². The standard InChI is InChI=1S/C14H17NO/c15-10-4-7-12-5-1-2-6-13(12)11-16-14-8-3-9-14/h1-2,5-6,14H,3,8-11,15H2. The van der Waals surface area contributed by atoms with Crippen LogP contribution in [0.1, 0.15) is 30.4 Å². The predicted octanol–water partition coefficient (Wildman–Crippen LogP) is 2.07. The molecule has 2 N–H and O–H groups in total. The fraction of sp³-hybridized carbons (Fsp3) is 0.429. The lowest BCUT2D eigenvalue weighted by Gasteiger charge is -2.25. The molecule has 0 bridgehead atoms. The Kier molecular flexibility index (Phi) is 3.98. The Morgan fingerprint density at radius 1 is 1.31 bits per heavy atom. The van der Waals surface area contributed by atoms with E-state index >= 15 is 0 Å². The summed E-state index contributed by atoms with van der Waals surface area (Å²) < 4.78 is 5.79. The largest absolute Gasteiger partial charge is 0.373 e. The van der Waals surface area contributed by atoms with Gasteiger partial charge in [-0.2, -0.15) is 0 Å². The van der Waals surface area contributed by atoms with Crippen molar-refractivity contribution in [1.82, 2.24) is 0 Å². The first-order valence-electron chi connectivity index (χ1n) is 5.78. The number of benzene rings is 1. The van der Waals surface area contributed by atoms with Gasteiger partial charge in [0, 0.05) is 5.56 Å². The third-order valence-corrected chi connectivity index (χ3v) is 2.87. The SMILES string of the molecule is NCC#Cc1ccccc1COC1CCC1. The second-order valence-electron chi connectivity index (χ2n) is 4.03. The van der Waals surface area contributed by atoms with E-state index in [1.807, 2.05) is 18.2 Å². The fourth-order valence-electron chi connectivity index (χ4n) is 1.66. The van der Waals surface area contributed by atoms with Crippen molar-refractivity contribution in [2.45, 2.75) is 32.0 Å². The molecule has 1 aliphatic rings. The molecule has 2 heteroatoms. The van der Waals surface area contributed by atoms with Crippen molar-refractivity contribution in [3.05, 3.63) is 35.4 Å². The maximum atomic E-state index is 5.79. The Morgan fingerprint density at radius 2 is 2.12 bits per heavy atom. The average Bonchev–Trinajstić information content (AvgIpc) is 2.26. The lowest BCUT2D eigenvalue weighted by atomic mass is 9.96. The van der Waals surface area contributed by atoms with Crippen LogP contribution in [-0.2, 0) is 11.3 Å². The predicted molar refractivity (Wildman–Crippen MR) is 64.8 cm³/mol. The average molecular weight is 215 g/mol. The van der Waals surface area contributed by atoms with Gasteiger partial charge in [-0.05, 0) is 30.9 Å². The van der Waals surface area contributed by atoms with Crippen molar-refractivity contribution in [3.63, 3.8) is 0 Å². The molecule has 0 atom stereocenters. The van der Waals surface area contributed by atoms with E-state index in [0.717, 1.165) is 11.1 Å². The molecule has 16 heavy (non-hydrogen) atoms. The van der Waals surface area contributed by atoms with E-state index in [1.54, 1.807) is 0 Å². The van der Waals surface area contributed by atoms with Crippen LogP contribution < -0.4 is 5.73 Å². The minimum absolute atomic E-state index is 0.401. The second kappa shape index (κ2) is 5.69. The molecule has 0 heterocycles. The summed E-state index contributed by atoms with van der Waals surface area (Å²) in [6.07, 6.45) is 4.18. The van der Waals surface area contributed by atoms with Crippen molar-refractivity contribution < 1.29 is 4.74 Å². The molecule has 84 valence electrons. The van der Waals surface area contributed by atoms with Crippen molar-refractivity contribution in [2.75, 3.05) is 6.54 Å². The smallest absolute Gasteiger partial charge is 0.0732 e. The topological polar surface area (TPSA) is 35.2 Å². The highest BCUT2D eigenvalue weighted by Crippen LogP contribution is 2.23. The Bertz CT molecular complexity index is 399. The van der Waals surface area contributed by atoms with Gasteiger partial charge < -0.3 is 10.5 Å². The van der Waals surface area contributed by atoms with Crippen LogP contribution in [0.3, 0.4) is 0 Å². The monoisotopic (exact) mass is 215 g/mol. The molecule has 1 fully saturated rings. The van der Waals surface area contributed by atoms with Gasteiger partial charge in [0.2, 0.25) is 0 Å². The second-order valence-corrected chi connectivity index (χ2v) is 4.03. The van der Waals surface area contributed by atoms with Gasteiger partial charge in [0.15, 0.2) is 0 Å². The molecule has 0 saturated heterocycles. The quantitative estimate of drug-likeness (QED) is 0.783. The summed E-state index contributed by atoms with van der Waals surface area (Å²) >= 11 is 0. The fourth-order valence-corrected chi connectivity index (χ4v) is 1.66. The highest BCUT2D eigenvalue weighted by Gasteiger charge is 2.17. The van der Waals surface area contributed by atoms with E-state index in [0.29, 0.717) is 19.3 Å². The van der Waals surface area contributed by atoms with E-state index in [-0.39, 0.29) is 0 Å². The Morgan fingerprint density at radius 3 is 2.81 bits per heavy atom. The van der Waals surface area contributed by atoms with Crippen molar-refractivity contribution in [3.8, 4) is 11.8 Å². The number of nitrogens with two attached hydrogens (primary N) is 1. The van der Waals surface area contributed by atoms with Gasteiger partial charge in [-0.25, -0.2) is 0 Å². The van der Waals surface area contributed by atoms with Gasteiger partial charge >= 0.3 is 0 Å². The van der Waals surface area contributed by atoms with Crippen LogP contribution in [-0.4, -0.2) is 12.6 Å². The summed E-state index contributed by atoms with van der Waals surface area (Å²) in [5.41, 5.74) is 7.57. The molecule has 0 aliphatic heterocycles. The summed E-state index contributed by atoms with van der Waals surface area (Å²) in [4.78, 5) is 0. The number of ether oxygens (including phenoxy) is 1. The minimum atomic E-state index is 0.401. The molecule has 1 aromatic carbocycles. The molecule has 2 rings (SSSR count). The Balaban J connectivity index is 2.00. The highest BCUT2D eigenvalue weighted by atomic mass is 16.5. The summed E-state index contributed by atoms with van der Waals surface area (Å²) in [5.74, 6) is 5.96. The molecule has 0 amide bonds. The van der Waals surface area contributed by atoms with E-state index in [1.165, 1.54) is 19.3 Å². The van der Waals surface area contributed by atoms with Crippen LogP contribution in [0.25, 0.3) is 0 Å². The van der Waals surface area contributed by atoms with Gasteiger partial charge in [0.05, 0.1) is 19.3 Å². The first kappa shape index (κ1) is 11.2. The van der Waals surface area contributed by atoms with Gasteiger partial charge in [-0.15, -0.1) is 0 Å². The van der Waals surface area contributed by atoms with E-state index in [4.69, 9.17) is 10.5 Å².